The van der Waals surface area contributed by atoms with E-state index in [4.69, 9.17) is 9.15 Å². The minimum absolute atomic E-state index is 0.0541. The molecule has 3 rings (SSSR count). The van der Waals surface area contributed by atoms with Crippen molar-refractivity contribution in [2.45, 2.75) is 0 Å². The molecule has 6 heteroatoms. The summed E-state index contributed by atoms with van der Waals surface area (Å²) in [5, 5.41) is 5.56. The first-order valence-electron chi connectivity index (χ1n) is 5.47. The highest BCUT2D eigenvalue weighted by Crippen LogP contribution is 2.33. The van der Waals surface area contributed by atoms with Gasteiger partial charge in [0.25, 0.3) is 11.9 Å². The monoisotopic (exact) mass is 245 g/mol. The Balaban J connectivity index is 1.98. The van der Waals surface area contributed by atoms with Crippen LogP contribution in [-0.4, -0.2) is 24.5 Å². The molecule has 1 aliphatic heterocycles. The second-order valence-electron chi connectivity index (χ2n) is 3.83. The highest BCUT2D eigenvalue weighted by Gasteiger charge is 2.17. The molecule has 0 saturated carbocycles. The highest BCUT2D eigenvalue weighted by atomic mass is 16.5. The van der Waals surface area contributed by atoms with Crippen LogP contribution in [0.15, 0.2) is 28.8 Å². The molecule has 18 heavy (non-hydrogen) atoms. The van der Waals surface area contributed by atoms with E-state index in [9.17, 15) is 4.79 Å². The number of oxazole rings is 1. The van der Waals surface area contributed by atoms with E-state index in [2.05, 4.69) is 15.6 Å². The number of amides is 1. The van der Waals surface area contributed by atoms with Crippen LogP contribution in [0.3, 0.4) is 0 Å². The van der Waals surface area contributed by atoms with Gasteiger partial charge in [0.15, 0.2) is 12.4 Å². The number of carbonyl (C=O) groups excluding carboxylic acids is 1. The second kappa shape index (κ2) is 4.06. The molecule has 0 bridgehead atoms. The van der Waals surface area contributed by atoms with Crippen molar-refractivity contribution in [3.05, 3.63) is 24.4 Å². The number of anilines is 2. The van der Waals surface area contributed by atoms with E-state index >= 15 is 0 Å². The van der Waals surface area contributed by atoms with Crippen LogP contribution in [0.4, 0.5) is 11.7 Å². The molecule has 6 nitrogen and oxygen atoms in total. The van der Waals surface area contributed by atoms with Crippen LogP contribution < -0.4 is 15.4 Å². The molecule has 92 valence electrons. The van der Waals surface area contributed by atoms with Gasteiger partial charge in [-0.2, -0.15) is 0 Å². The standard InChI is InChI=1S/C12H11N3O3/c1-13-12-14-5-10(18-12)7-2-3-9-8(4-7)15-11(16)6-17-9/h2-5H,6H2,1H3,(H,13,14)(H,15,16). The van der Waals surface area contributed by atoms with Gasteiger partial charge in [0.05, 0.1) is 11.9 Å². The number of rotatable bonds is 2. The number of benzene rings is 1. The number of hydrogen-bond acceptors (Lipinski definition) is 5. The molecule has 0 spiro atoms. The zero-order valence-corrected chi connectivity index (χ0v) is 9.69. The first-order chi connectivity index (χ1) is 8.76. The molecule has 1 amide bonds. The molecule has 0 atom stereocenters. The van der Waals surface area contributed by atoms with Crippen LogP contribution in [-0.2, 0) is 4.79 Å². The Kier molecular flexibility index (Phi) is 2.40. The van der Waals surface area contributed by atoms with Crippen LogP contribution >= 0.6 is 0 Å². The van der Waals surface area contributed by atoms with Gasteiger partial charge in [0.1, 0.15) is 5.75 Å². The predicted octanol–water partition coefficient (Wildman–Crippen LogP) is 1.71. The summed E-state index contributed by atoms with van der Waals surface area (Å²) in [6.45, 7) is 0.0541. The van der Waals surface area contributed by atoms with Gasteiger partial charge in [0.2, 0.25) is 0 Å². The summed E-state index contributed by atoms with van der Waals surface area (Å²) in [6, 6.07) is 5.90. The fraction of sp³-hybridized carbons (Fsp3) is 0.167. The quantitative estimate of drug-likeness (QED) is 0.842. The van der Waals surface area contributed by atoms with Crippen molar-refractivity contribution >= 4 is 17.6 Å². The first-order valence-corrected chi connectivity index (χ1v) is 5.47. The van der Waals surface area contributed by atoms with Gasteiger partial charge >= 0.3 is 0 Å². The minimum atomic E-state index is -0.159. The zero-order chi connectivity index (χ0) is 12.5. The van der Waals surface area contributed by atoms with Crippen molar-refractivity contribution in [1.29, 1.82) is 0 Å². The van der Waals surface area contributed by atoms with Gasteiger partial charge in [-0.05, 0) is 18.2 Å². The van der Waals surface area contributed by atoms with Crippen molar-refractivity contribution in [2.75, 3.05) is 24.3 Å². The lowest BCUT2D eigenvalue weighted by atomic mass is 10.1. The van der Waals surface area contributed by atoms with E-state index in [1.165, 1.54) is 0 Å². The number of fused-ring (bicyclic) bond motifs is 1. The number of ether oxygens (including phenoxy) is 1. The Morgan fingerprint density at radius 1 is 1.44 bits per heavy atom. The Morgan fingerprint density at radius 2 is 2.33 bits per heavy atom. The molecule has 0 radical (unpaired) electrons. The van der Waals surface area contributed by atoms with Gasteiger partial charge in [-0.3, -0.25) is 4.79 Å². The molecule has 1 aliphatic rings. The van der Waals surface area contributed by atoms with Gasteiger partial charge in [0, 0.05) is 12.6 Å². The van der Waals surface area contributed by atoms with E-state index in [-0.39, 0.29) is 12.5 Å². The van der Waals surface area contributed by atoms with Crippen LogP contribution in [0.1, 0.15) is 0 Å². The van der Waals surface area contributed by atoms with Crippen molar-refractivity contribution in [2.24, 2.45) is 0 Å². The maximum absolute atomic E-state index is 11.2. The largest absolute Gasteiger partial charge is 0.482 e. The molecule has 2 heterocycles. The topological polar surface area (TPSA) is 76.4 Å². The van der Waals surface area contributed by atoms with Crippen molar-refractivity contribution in [3.8, 4) is 17.1 Å². The average Bonchev–Trinajstić information content (AvgIpc) is 2.86. The maximum Gasteiger partial charge on any atom is 0.294 e. The Labute approximate surface area is 103 Å². The fourth-order valence-electron chi connectivity index (χ4n) is 1.76. The van der Waals surface area contributed by atoms with Gasteiger partial charge in [-0.15, -0.1) is 0 Å². The van der Waals surface area contributed by atoms with Crippen molar-refractivity contribution in [1.82, 2.24) is 4.98 Å². The van der Waals surface area contributed by atoms with Crippen LogP contribution in [0, 0.1) is 0 Å². The molecule has 0 unspecified atom stereocenters. The summed E-state index contributed by atoms with van der Waals surface area (Å²) in [7, 11) is 1.73. The lowest BCUT2D eigenvalue weighted by Crippen LogP contribution is -2.25. The average molecular weight is 245 g/mol. The van der Waals surface area contributed by atoms with E-state index < -0.39 is 0 Å². The number of aromatic nitrogens is 1. The maximum atomic E-state index is 11.2. The van der Waals surface area contributed by atoms with E-state index in [1.807, 2.05) is 6.07 Å². The normalized spacial score (nSPS) is 13.5. The molecule has 1 aromatic carbocycles. The summed E-state index contributed by atoms with van der Waals surface area (Å²) in [6.07, 6.45) is 1.62. The van der Waals surface area contributed by atoms with E-state index in [1.54, 1.807) is 25.4 Å². The fourth-order valence-corrected chi connectivity index (χ4v) is 1.76. The number of hydrogen-bond donors (Lipinski definition) is 2. The zero-order valence-electron chi connectivity index (χ0n) is 9.69. The first kappa shape index (κ1) is 10.6. The highest BCUT2D eigenvalue weighted by molar-refractivity contribution is 5.96. The summed E-state index contributed by atoms with van der Waals surface area (Å²) in [4.78, 5) is 15.3. The number of carbonyl (C=O) groups is 1. The van der Waals surface area contributed by atoms with Gasteiger partial charge in [-0.1, -0.05) is 0 Å². The van der Waals surface area contributed by atoms with E-state index in [0.29, 0.717) is 23.2 Å². The predicted molar refractivity (Wildman–Crippen MR) is 65.6 cm³/mol. The third-order valence-corrected chi connectivity index (χ3v) is 2.62. The van der Waals surface area contributed by atoms with Crippen molar-refractivity contribution in [3.63, 3.8) is 0 Å². The SMILES string of the molecule is CNc1ncc(-c2ccc3c(c2)NC(=O)CO3)o1. The van der Waals surface area contributed by atoms with Crippen LogP contribution in [0.5, 0.6) is 5.75 Å². The summed E-state index contributed by atoms with van der Waals surface area (Å²) < 4.78 is 10.7. The molecule has 1 aromatic heterocycles. The summed E-state index contributed by atoms with van der Waals surface area (Å²) >= 11 is 0. The summed E-state index contributed by atoms with van der Waals surface area (Å²) in [5.41, 5.74) is 1.47. The lowest BCUT2D eigenvalue weighted by Gasteiger charge is -2.17. The smallest absolute Gasteiger partial charge is 0.294 e. The third-order valence-electron chi connectivity index (χ3n) is 2.62. The number of nitrogens with zero attached hydrogens (tertiary/aromatic N) is 1. The lowest BCUT2D eigenvalue weighted by molar-refractivity contribution is -0.118. The van der Waals surface area contributed by atoms with Gasteiger partial charge < -0.3 is 19.8 Å². The summed E-state index contributed by atoms with van der Waals surface area (Å²) in [5.74, 6) is 1.13. The molecule has 2 N–H and O–H groups in total. The Bertz CT molecular complexity index is 606. The molecule has 0 fully saturated rings. The molecule has 0 saturated heterocycles. The van der Waals surface area contributed by atoms with Crippen LogP contribution in [0.25, 0.3) is 11.3 Å². The molecule has 2 aromatic rings. The molecule has 0 aliphatic carbocycles. The molecular formula is C12H11N3O3. The van der Waals surface area contributed by atoms with E-state index in [0.717, 1.165) is 5.56 Å². The Hall–Kier alpha value is -2.50. The third kappa shape index (κ3) is 1.77. The van der Waals surface area contributed by atoms with Gasteiger partial charge in [-0.25, -0.2) is 4.98 Å². The van der Waals surface area contributed by atoms with Crippen LogP contribution in [0.2, 0.25) is 0 Å². The second-order valence-corrected chi connectivity index (χ2v) is 3.83. The molecular weight excluding hydrogens is 234 g/mol. The Morgan fingerprint density at radius 3 is 3.11 bits per heavy atom. The van der Waals surface area contributed by atoms with Crippen molar-refractivity contribution < 1.29 is 13.9 Å². The number of nitrogens with one attached hydrogen (secondary N) is 2. The minimum Gasteiger partial charge on any atom is -0.482 e.